The van der Waals surface area contributed by atoms with Gasteiger partial charge >= 0.3 is 0 Å². The highest BCUT2D eigenvalue weighted by Crippen LogP contribution is 2.30. The largest absolute Gasteiger partial charge is 0.397 e. The van der Waals surface area contributed by atoms with Gasteiger partial charge in [0.1, 0.15) is 0 Å². The molecule has 0 aliphatic heterocycles. The van der Waals surface area contributed by atoms with Gasteiger partial charge in [-0.1, -0.05) is 40.9 Å². The molecule has 0 heterocycles. The van der Waals surface area contributed by atoms with Crippen LogP contribution in [0.2, 0.25) is 15.1 Å². The van der Waals surface area contributed by atoms with Gasteiger partial charge in [0, 0.05) is 34.2 Å². The normalized spacial score (nSPS) is 10.5. The predicted octanol–water partition coefficient (Wildman–Crippen LogP) is 4.87. The molecular weight excluding hydrogens is 303 g/mol. The van der Waals surface area contributed by atoms with Crippen molar-refractivity contribution in [2.75, 3.05) is 17.7 Å². The molecule has 0 saturated carbocycles. The minimum atomic E-state index is 0.559. The average molecular weight is 316 g/mol. The van der Waals surface area contributed by atoms with E-state index in [1.165, 1.54) is 0 Å². The summed E-state index contributed by atoms with van der Waals surface area (Å²) in [6.45, 7) is 0.559. The van der Waals surface area contributed by atoms with Gasteiger partial charge in [0.25, 0.3) is 0 Å². The summed E-state index contributed by atoms with van der Waals surface area (Å²) in [5.74, 6) is 0. The molecule has 2 aromatic carbocycles. The number of nitrogens with zero attached hydrogens (tertiary/aromatic N) is 1. The van der Waals surface area contributed by atoms with Crippen molar-refractivity contribution in [1.29, 1.82) is 0 Å². The number of rotatable bonds is 3. The van der Waals surface area contributed by atoms with Crippen molar-refractivity contribution in [3.8, 4) is 0 Å². The minimum Gasteiger partial charge on any atom is -0.397 e. The monoisotopic (exact) mass is 314 g/mol. The zero-order chi connectivity index (χ0) is 14.0. The topological polar surface area (TPSA) is 29.3 Å². The lowest BCUT2D eigenvalue weighted by Gasteiger charge is -2.22. The van der Waals surface area contributed by atoms with Crippen LogP contribution in [0.4, 0.5) is 11.4 Å². The first-order valence-corrected chi connectivity index (χ1v) is 6.81. The maximum absolute atomic E-state index is 6.16. The summed E-state index contributed by atoms with van der Waals surface area (Å²) in [6, 6.07) is 10.8. The second kappa shape index (κ2) is 5.91. The van der Waals surface area contributed by atoms with Gasteiger partial charge < -0.3 is 10.6 Å². The fourth-order valence-electron chi connectivity index (χ4n) is 1.85. The van der Waals surface area contributed by atoms with Gasteiger partial charge in [-0.15, -0.1) is 0 Å². The molecule has 0 unspecified atom stereocenters. The molecule has 100 valence electrons. The second-order valence-corrected chi connectivity index (χ2v) is 5.51. The van der Waals surface area contributed by atoms with Crippen LogP contribution in [-0.4, -0.2) is 7.05 Å². The maximum atomic E-state index is 6.16. The van der Waals surface area contributed by atoms with Crippen LogP contribution in [-0.2, 0) is 6.54 Å². The summed E-state index contributed by atoms with van der Waals surface area (Å²) in [4.78, 5) is 1.97. The molecule has 0 radical (unpaired) electrons. The van der Waals surface area contributed by atoms with Crippen LogP contribution in [0.3, 0.4) is 0 Å². The van der Waals surface area contributed by atoms with Crippen LogP contribution >= 0.6 is 34.8 Å². The molecule has 0 aliphatic carbocycles. The third kappa shape index (κ3) is 3.27. The fraction of sp³-hybridized carbons (Fsp3) is 0.143. The van der Waals surface area contributed by atoms with Crippen molar-refractivity contribution in [2.24, 2.45) is 0 Å². The number of hydrogen-bond donors (Lipinski definition) is 1. The Morgan fingerprint density at radius 1 is 1.05 bits per heavy atom. The molecule has 0 amide bonds. The Balaban J connectivity index is 2.31. The van der Waals surface area contributed by atoms with Crippen LogP contribution in [0.5, 0.6) is 0 Å². The van der Waals surface area contributed by atoms with E-state index in [1.54, 1.807) is 12.1 Å². The molecular formula is C14H13Cl3N2. The van der Waals surface area contributed by atoms with Gasteiger partial charge in [-0.05, 0) is 30.3 Å². The first-order valence-electron chi connectivity index (χ1n) is 5.68. The SMILES string of the molecule is CN(Cc1c(Cl)cccc1Cl)c1cc(Cl)ccc1N. The molecule has 0 aromatic heterocycles. The van der Waals surface area contributed by atoms with E-state index in [0.29, 0.717) is 27.3 Å². The lowest BCUT2D eigenvalue weighted by molar-refractivity contribution is 0.925. The summed E-state index contributed by atoms with van der Waals surface area (Å²) in [6.07, 6.45) is 0. The first kappa shape index (κ1) is 14.3. The fourth-order valence-corrected chi connectivity index (χ4v) is 2.54. The molecule has 5 heteroatoms. The van der Waals surface area contributed by atoms with Crippen LogP contribution in [0.25, 0.3) is 0 Å². The average Bonchev–Trinajstić information content (AvgIpc) is 2.37. The number of anilines is 2. The molecule has 0 fully saturated rings. The minimum absolute atomic E-state index is 0.559. The lowest BCUT2D eigenvalue weighted by Crippen LogP contribution is -2.18. The molecule has 0 spiro atoms. The highest BCUT2D eigenvalue weighted by Gasteiger charge is 2.11. The summed E-state index contributed by atoms with van der Waals surface area (Å²) < 4.78 is 0. The van der Waals surface area contributed by atoms with E-state index >= 15 is 0 Å². The van der Waals surface area contributed by atoms with Crippen molar-refractivity contribution in [1.82, 2.24) is 0 Å². The Bertz CT molecular complexity index is 579. The highest BCUT2D eigenvalue weighted by atomic mass is 35.5. The molecule has 0 saturated heterocycles. The third-order valence-corrected chi connectivity index (χ3v) is 3.80. The number of benzene rings is 2. The smallest absolute Gasteiger partial charge is 0.0615 e. The Labute approximate surface area is 127 Å². The predicted molar refractivity (Wildman–Crippen MR) is 84.4 cm³/mol. The number of nitrogens with two attached hydrogens (primary N) is 1. The van der Waals surface area contributed by atoms with Crippen molar-refractivity contribution in [3.63, 3.8) is 0 Å². The van der Waals surface area contributed by atoms with Crippen LogP contribution in [0.15, 0.2) is 36.4 Å². The second-order valence-electron chi connectivity index (χ2n) is 4.26. The Hall–Kier alpha value is -1.09. The molecule has 0 aliphatic rings. The number of halogens is 3. The van der Waals surface area contributed by atoms with E-state index in [0.717, 1.165) is 11.3 Å². The number of nitrogen functional groups attached to an aromatic ring is 1. The van der Waals surface area contributed by atoms with Crippen LogP contribution in [0, 0.1) is 0 Å². The Morgan fingerprint density at radius 3 is 2.32 bits per heavy atom. The molecule has 2 rings (SSSR count). The zero-order valence-electron chi connectivity index (χ0n) is 10.3. The highest BCUT2D eigenvalue weighted by molar-refractivity contribution is 6.36. The van der Waals surface area contributed by atoms with Gasteiger partial charge in [-0.25, -0.2) is 0 Å². The maximum Gasteiger partial charge on any atom is 0.0615 e. The van der Waals surface area contributed by atoms with E-state index in [1.807, 2.05) is 36.2 Å². The van der Waals surface area contributed by atoms with Crippen molar-refractivity contribution >= 4 is 46.2 Å². The van der Waals surface area contributed by atoms with Gasteiger partial charge in [-0.3, -0.25) is 0 Å². The summed E-state index contributed by atoms with van der Waals surface area (Å²) in [5.41, 5.74) is 8.33. The van der Waals surface area contributed by atoms with Gasteiger partial charge in [0.15, 0.2) is 0 Å². The quantitative estimate of drug-likeness (QED) is 0.819. The van der Waals surface area contributed by atoms with E-state index in [2.05, 4.69) is 0 Å². The number of hydrogen-bond acceptors (Lipinski definition) is 2. The Morgan fingerprint density at radius 2 is 1.68 bits per heavy atom. The zero-order valence-corrected chi connectivity index (χ0v) is 12.6. The van der Waals surface area contributed by atoms with E-state index < -0.39 is 0 Å². The Kier molecular flexibility index (Phi) is 4.46. The van der Waals surface area contributed by atoms with Gasteiger partial charge in [0.2, 0.25) is 0 Å². The van der Waals surface area contributed by atoms with E-state index in [4.69, 9.17) is 40.5 Å². The van der Waals surface area contributed by atoms with Crippen molar-refractivity contribution in [3.05, 3.63) is 57.0 Å². The molecule has 2 N–H and O–H groups in total. The van der Waals surface area contributed by atoms with E-state index in [9.17, 15) is 0 Å². The van der Waals surface area contributed by atoms with E-state index in [-0.39, 0.29) is 0 Å². The van der Waals surface area contributed by atoms with Gasteiger partial charge in [-0.2, -0.15) is 0 Å². The molecule has 0 atom stereocenters. The van der Waals surface area contributed by atoms with Crippen molar-refractivity contribution in [2.45, 2.75) is 6.54 Å². The summed E-state index contributed by atoms with van der Waals surface area (Å²) in [5, 5.41) is 1.92. The third-order valence-electron chi connectivity index (χ3n) is 2.86. The van der Waals surface area contributed by atoms with Crippen LogP contribution < -0.4 is 10.6 Å². The summed E-state index contributed by atoms with van der Waals surface area (Å²) >= 11 is 18.3. The summed E-state index contributed by atoms with van der Waals surface area (Å²) in [7, 11) is 1.92. The molecule has 2 aromatic rings. The lowest BCUT2D eigenvalue weighted by atomic mass is 10.2. The van der Waals surface area contributed by atoms with Crippen molar-refractivity contribution < 1.29 is 0 Å². The first-order chi connectivity index (χ1) is 8.99. The van der Waals surface area contributed by atoms with Crippen LogP contribution in [0.1, 0.15) is 5.56 Å². The molecule has 0 bridgehead atoms. The van der Waals surface area contributed by atoms with Gasteiger partial charge in [0.05, 0.1) is 11.4 Å². The molecule has 19 heavy (non-hydrogen) atoms. The standard InChI is InChI=1S/C14H13Cl3N2/c1-19(14-7-9(15)5-6-13(14)18)8-10-11(16)3-2-4-12(10)17/h2-7H,8,18H2,1H3. The molecule has 2 nitrogen and oxygen atoms in total.